The molecule has 0 spiro atoms. The van der Waals surface area contributed by atoms with Gasteiger partial charge in [-0.05, 0) is 32.6 Å². The van der Waals surface area contributed by atoms with Crippen molar-refractivity contribution in [2.45, 2.75) is 70.7 Å². The van der Waals surface area contributed by atoms with E-state index in [1.165, 1.54) is 6.92 Å². The number of amides is 2. The van der Waals surface area contributed by atoms with Gasteiger partial charge in [-0.3, -0.25) is 9.59 Å². The fourth-order valence-electron chi connectivity index (χ4n) is 3.55. The van der Waals surface area contributed by atoms with Gasteiger partial charge in [0.1, 0.15) is 0 Å². The molecule has 1 saturated heterocycles. The van der Waals surface area contributed by atoms with Crippen LogP contribution < -0.4 is 16.4 Å². The normalized spacial score (nSPS) is 28.5. The number of allylic oxidation sites excluding steroid dienone is 1. The Balaban J connectivity index is 3.16. The lowest BCUT2D eigenvalue weighted by Crippen LogP contribution is -2.62. The number of nitrogens with two attached hydrogens (primary N) is 1. The van der Waals surface area contributed by atoms with Crippen molar-refractivity contribution < 1.29 is 14.3 Å². The zero-order valence-electron chi connectivity index (χ0n) is 14.9. The molecular formula is C17H31N3O3. The second-order valence-corrected chi connectivity index (χ2v) is 6.52. The number of carbonyl (C=O) groups excluding carboxylic acids is 2. The Bertz CT molecular complexity index is 452. The predicted octanol–water partition coefficient (Wildman–Crippen LogP) is 1.10. The number of hydrogen-bond acceptors (Lipinski definition) is 4. The minimum absolute atomic E-state index is 0.107. The molecule has 1 aliphatic rings. The van der Waals surface area contributed by atoms with Gasteiger partial charge in [0.25, 0.3) is 0 Å². The van der Waals surface area contributed by atoms with Gasteiger partial charge in [0.15, 0.2) is 0 Å². The molecule has 0 radical (unpaired) electrons. The monoisotopic (exact) mass is 325 g/mol. The van der Waals surface area contributed by atoms with E-state index < -0.39 is 5.60 Å². The molecule has 0 aromatic carbocycles. The Hall–Kier alpha value is -1.40. The molecular weight excluding hydrogens is 294 g/mol. The summed E-state index contributed by atoms with van der Waals surface area (Å²) in [5.41, 5.74) is 4.95. The van der Waals surface area contributed by atoms with Crippen LogP contribution in [0.25, 0.3) is 0 Å². The van der Waals surface area contributed by atoms with Gasteiger partial charge >= 0.3 is 0 Å². The summed E-state index contributed by atoms with van der Waals surface area (Å²) in [4.78, 5) is 23.4. The number of carbonyl (C=O) groups is 2. The van der Waals surface area contributed by atoms with E-state index in [4.69, 9.17) is 10.5 Å². The van der Waals surface area contributed by atoms with Crippen LogP contribution in [-0.4, -0.2) is 42.7 Å². The number of ether oxygens (including phenoxy) is 1. The van der Waals surface area contributed by atoms with E-state index in [1.807, 2.05) is 19.9 Å². The van der Waals surface area contributed by atoms with Crippen LogP contribution in [-0.2, 0) is 14.3 Å². The summed E-state index contributed by atoms with van der Waals surface area (Å²) in [6.45, 7) is 7.53. The molecule has 1 rings (SSSR count). The highest BCUT2D eigenvalue weighted by Crippen LogP contribution is 2.32. The molecule has 132 valence electrons. The van der Waals surface area contributed by atoms with E-state index in [0.29, 0.717) is 6.42 Å². The van der Waals surface area contributed by atoms with E-state index in [0.717, 1.165) is 12.8 Å². The van der Waals surface area contributed by atoms with Gasteiger partial charge in [-0.2, -0.15) is 0 Å². The van der Waals surface area contributed by atoms with Gasteiger partial charge < -0.3 is 21.1 Å². The van der Waals surface area contributed by atoms with Crippen LogP contribution in [0.15, 0.2) is 12.2 Å². The lowest BCUT2D eigenvalue weighted by atomic mass is 9.81. The second-order valence-electron chi connectivity index (χ2n) is 6.52. The molecule has 0 aliphatic carbocycles. The van der Waals surface area contributed by atoms with Gasteiger partial charge in [-0.25, -0.2) is 0 Å². The largest absolute Gasteiger partial charge is 0.376 e. The van der Waals surface area contributed by atoms with Crippen molar-refractivity contribution in [2.24, 2.45) is 11.7 Å². The first kappa shape index (κ1) is 19.6. The highest BCUT2D eigenvalue weighted by atomic mass is 16.5. The number of primary amides is 1. The van der Waals surface area contributed by atoms with E-state index in [-0.39, 0.29) is 35.9 Å². The number of hydrogen-bond donors (Lipinski definition) is 3. The third-order valence-electron chi connectivity index (χ3n) is 4.73. The Morgan fingerprint density at radius 2 is 2.17 bits per heavy atom. The molecule has 0 saturated carbocycles. The zero-order chi connectivity index (χ0) is 17.6. The molecule has 5 atom stereocenters. The molecule has 1 fully saturated rings. The fraction of sp³-hybridized carbons (Fsp3) is 0.765. The van der Waals surface area contributed by atoms with Crippen molar-refractivity contribution in [3.05, 3.63) is 12.2 Å². The highest BCUT2D eigenvalue weighted by molar-refractivity contribution is 5.80. The first-order valence-corrected chi connectivity index (χ1v) is 8.29. The van der Waals surface area contributed by atoms with Crippen LogP contribution in [0, 0.1) is 5.92 Å². The molecule has 1 heterocycles. The van der Waals surface area contributed by atoms with E-state index in [2.05, 4.69) is 23.6 Å². The minimum atomic E-state index is -0.523. The maximum atomic E-state index is 11.8. The molecule has 2 amide bonds. The van der Waals surface area contributed by atoms with Gasteiger partial charge in [-0.1, -0.05) is 25.5 Å². The standard InChI is InChI=1S/C17H31N3O3/c1-6-8-12-10-13(16(18)22)20-14(12)15(19-11(3)21)17(4,23-5)9-7-2/h6,8,12-15,20H,7,9-10H2,1-5H3,(H2,18,22)(H,19,21)/b8-6-/t12-,13-,14-,15-,17+/m1/s1. The summed E-state index contributed by atoms with van der Waals surface area (Å²) in [6.07, 6.45) is 6.40. The highest BCUT2D eigenvalue weighted by Gasteiger charge is 2.47. The van der Waals surface area contributed by atoms with Crippen LogP contribution in [0.1, 0.15) is 47.0 Å². The summed E-state index contributed by atoms with van der Waals surface area (Å²) >= 11 is 0. The van der Waals surface area contributed by atoms with Crippen LogP contribution >= 0.6 is 0 Å². The van der Waals surface area contributed by atoms with Crippen molar-refractivity contribution in [3.8, 4) is 0 Å². The van der Waals surface area contributed by atoms with Crippen molar-refractivity contribution in [1.29, 1.82) is 0 Å². The van der Waals surface area contributed by atoms with Gasteiger partial charge in [-0.15, -0.1) is 0 Å². The van der Waals surface area contributed by atoms with Gasteiger partial charge in [0.2, 0.25) is 11.8 Å². The zero-order valence-corrected chi connectivity index (χ0v) is 14.9. The predicted molar refractivity (Wildman–Crippen MR) is 90.8 cm³/mol. The average molecular weight is 325 g/mol. The van der Waals surface area contributed by atoms with Crippen LogP contribution in [0.2, 0.25) is 0 Å². The number of methoxy groups -OCH3 is 1. The summed E-state index contributed by atoms with van der Waals surface area (Å²) < 4.78 is 5.78. The maximum Gasteiger partial charge on any atom is 0.234 e. The molecule has 0 bridgehead atoms. The van der Waals surface area contributed by atoms with Crippen LogP contribution in [0.3, 0.4) is 0 Å². The molecule has 0 aromatic rings. The smallest absolute Gasteiger partial charge is 0.234 e. The van der Waals surface area contributed by atoms with E-state index >= 15 is 0 Å². The Morgan fingerprint density at radius 3 is 2.61 bits per heavy atom. The first-order valence-electron chi connectivity index (χ1n) is 8.29. The second kappa shape index (κ2) is 8.45. The molecule has 6 nitrogen and oxygen atoms in total. The van der Waals surface area contributed by atoms with Crippen molar-refractivity contribution >= 4 is 11.8 Å². The summed E-state index contributed by atoms with van der Waals surface area (Å²) in [5.74, 6) is -0.364. The van der Waals surface area contributed by atoms with Crippen molar-refractivity contribution in [3.63, 3.8) is 0 Å². The third-order valence-corrected chi connectivity index (χ3v) is 4.73. The van der Waals surface area contributed by atoms with Gasteiger partial charge in [0, 0.05) is 20.1 Å². The quantitative estimate of drug-likeness (QED) is 0.583. The SMILES string of the molecule is C/C=C\[C@@H]1C[C@H](C(N)=O)N[C@H]1[C@@H](NC(C)=O)[C@](C)(CCC)OC. The average Bonchev–Trinajstić information content (AvgIpc) is 2.89. The minimum Gasteiger partial charge on any atom is -0.376 e. The summed E-state index contributed by atoms with van der Waals surface area (Å²) in [7, 11) is 1.66. The molecule has 4 N–H and O–H groups in total. The van der Waals surface area contributed by atoms with E-state index in [9.17, 15) is 9.59 Å². The Kier molecular flexibility index (Phi) is 7.22. The summed E-state index contributed by atoms with van der Waals surface area (Å²) in [5, 5.41) is 6.34. The lowest BCUT2D eigenvalue weighted by Gasteiger charge is -2.41. The Labute approximate surface area is 139 Å². The molecule has 0 aromatic heterocycles. The maximum absolute atomic E-state index is 11.8. The van der Waals surface area contributed by atoms with Gasteiger partial charge in [0.05, 0.1) is 17.7 Å². The molecule has 1 aliphatic heterocycles. The molecule has 6 heteroatoms. The molecule has 23 heavy (non-hydrogen) atoms. The number of nitrogens with one attached hydrogen (secondary N) is 2. The first-order chi connectivity index (χ1) is 10.8. The van der Waals surface area contributed by atoms with Crippen molar-refractivity contribution in [2.75, 3.05) is 7.11 Å². The lowest BCUT2D eigenvalue weighted by molar-refractivity contribution is -0.123. The third kappa shape index (κ3) is 4.78. The summed E-state index contributed by atoms with van der Waals surface area (Å²) in [6, 6.07) is -0.750. The fourth-order valence-corrected chi connectivity index (χ4v) is 3.55. The molecule has 0 unspecified atom stereocenters. The topological polar surface area (TPSA) is 93.5 Å². The number of rotatable bonds is 8. The van der Waals surface area contributed by atoms with E-state index in [1.54, 1.807) is 7.11 Å². The van der Waals surface area contributed by atoms with Crippen molar-refractivity contribution in [1.82, 2.24) is 10.6 Å². The Morgan fingerprint density at radius 1 is 1.52 bits per heavy atom. The van der Waals surface area contributed by atoms with Crippen LogP contribution in [0.4, 0.5) is 0 Å². The van der Waals surface area contributed by atoms with Crippen LogP contribution in [0.5, 0.6) is 0 Å².